The summed E-state index contributed by atoms with van der Waals surface area (Å²) in [6, 6.07) is 5.56. The highest BCUT2D eigenvalue weighted by molar-refractivity contribution is 6.30. The summed E-state index contributed by atoms with van der Waals surface area (Å²) in [6.07, 6.45) is -7.81. The van der Waals surface area contributed by atoms with E-state index >= 15 is 0 Å². The molecule has 2 aliphatic rings. The van der Waals surface area contributed by atoms with Crippen LogP contribution >= 0.6 is 11.6 Å². The predicted octanol–water partition coefficient (Wildman–Crippen LogP) is 3.87. The average molecular weight is 494 g/mol. The van der Waals surface area contributed by atoms with Crippen LogP contribution in [-0.2, 0) is 14.3 Å². The number of nitrogens with one attached hydrogen (secondary N) is 1. The van der Waals surface area contributed by atoms with Crippen LogP contribution in [0.15, 0.2) is 28.7 Å². The van der Waals surface area contributed by atoms with Gasteiger partial charge in [-0.15, -0.1) is 23.4 Å². The lowest BCUT2D eigenvalue weighted by Gasteiger charge is -2.33. The highest BCUT2D eigenvalue weighted by Gasteiger charge is 2.43. The van der Waals surface area contributed by atoms with Gasteiger partial charge in [-0.05, 0) is 37.1 Å². The number of alkyl halides is 4. The number of carbonyl (C=O) groups is 1. The lowest BCUT2D eigenvalue weighted by molar-refractivity contribution is -0.352. The van der Waals surface area contributed by atoms with Gasteiger partial charge in [-0.2, -0.15) is 0 Å². The van der Waals surface area contributed by atoms with Crippen molar-refractivity contribution in [3.05, 3.63) is 41.1 Å². The van der Waals surface area contributed by atoms with Crippen LogP contribution < -0.4 is 10.1 Å². The van der Waals surface area contributed by atoms with E-state index < -0.39 is 36.7 Å². The zero-order chi connectivity index (χ0) is 23.6. The summed E-state index contributed by atoms with van der Waals surface area (Å²) in [6.45, 7) is -0.428. The molecular formula is C20H20ClF4N3O5. The van der Waals surface area contributed by atoms with Gasteiger partial charge in [0.2, 0.25) is 11.8 Å². The quantitative estimate of drug-likeness (QED) is 0.585. The van der Waals surface area contributed by atoms with Gasteiger partial charge in [-0.25, -0.2) is 4.39 Å². The Morgan fingerprint density at radius 2 is 1.85 bits per heavy atom. The lowest BCUT2D eigenvalue weighted by atomic mass is 9.82. The largest absolute Gasteiger partial charge is 0.522 e. The number of benzene rings is 1. The second-order valence-electron chi connectivity index (χ2n) is 7.82. The fraction of sp³-hybridized carbons (Fsp3) is 0.550. The molecule has 1 aliphatic heterocycles. The van der Waals surface area contributed by atoms with E-state index in [1.165, 1.54) is 0 Å². The topological polar surface area (TPSA) is 95.7 Å². The SMILES string of the molecule is O=C(COc1ccc(Cl)cc1)N[C@H]1CO[C@H](c2nnc([C@H]3C[C@@H](OC(F)(F)F)C3)o2)C[C@H]1F. The molecular weight excluding hydrogens is 474 g/mol. The molecule has 1 saturated heterocycles. The molecule has 3 atom stereocenters. The molecule has 1 saturated carbocycles. The minimum Gasteiger partial charge on any atom is -0.484 e. The van der Waals surface area contributed by atoms with Crippen molar-refractivity contribution < 1.29 is 41.0 Å². The third-order valence-corrected chi connectivity index (χ3v) is 5.61. The van der Waals surface area contributed by atoms with Gasteiger partial charge < -0.3 is 19.2 Å². The molecule has 1 amide bonds. The second-order valence-corrected chi connectivity index (χ2v) is 8.26. The molecule has 1 aromatic heterocycles. The Morgan fingerprint density at radius 1 is 1.15 bits per heavy atom. The van der Waals surface area contributed by atoms with E-state index in [1.807, 2.05) is 0 Å². The summed E-state index contributed by atoms with van der Waals surface area (Å²) in [7, 11) is 0. The van der Waals surface area contributed by atoms with E-state index in [1.54, 1.807) is 24.3 Å². The Kier molecular flexibility index (Phi) is 7.05. The third-order valence-electron chi connectivity index (χ3n) is 5.36. The highest BCUT2D eigenvalue weighted by Crippen LogP contribution is 2.41. The Balaban J connectivity index is 1.22. The number of aromatic nitrogens is 2. The maximum Gasteiger partial charge on any atom is 0.522 e. The van der Waals surface area contributed by atoms with E-state index in [-0.39, 0.29) is 50.2 Å². The highest BCUT2D eigenvalue weighted by atomic mass is 35.5. The number of ether oxygens (including phenoxy) is 3. The van der Waals surface area contributed by atoms with Gasteiger partial charge in [0.1, 0.15) is 18.0 Å². The van der Waals surface area contributed by atoms with Gasteiger partial charge in [-0.1, -0.05) is 11.6 Å². The molecule has 4 rings (SSSR count). The Morgan fingerprint density at radius 3 is 2.52 bits per heavy atom. The molecule has 0 radical (unpaired) electrons. The van der Waals surface area contributed by atoms with Crippen LogP contribution in [0.3, 0.4) is 0 Å². The molecule has 8 nitrogen and oxygen atoms in total. The molecule has 180 valence electrons. The Bertz CT molecular complexity index is 952. The normalized spacial score (nSPS) is 27.6. The number of carbonyl (C=O) groups excluding carboxylic acids is 1. The zero-order valence-corrected chi connectivity index (χ0v) is 17.8. The van der Waals surface area contributed by atoms with Gasteiger partial charge in [0.25, 0.3) is 5.91 Å². The van der Waals surface area contributed by atoms with Crippen molar-refractivity contribution in [3.8, 4) is 5.75 Å². The standard InChI is InChI=1S/C20H20ClF4N3O5/c21-11-1-3-12(4-2-11)30-9-17(29)26-15-8-31-16(7-14(15)22)19-28-27-18(32-19)10-5-13(6-10)33-20(23,24)25/h1-4,10,13-16H,5-9H2,(H,26,29)/t10-,13+,14-,15+,16+/m1/s1. The van der Waals surface area contributed by atoms with Crippen molar-refractivity contribution in [2.75, 3.05) is 13.2 Å². The minimum absolute atomic E-state index is 0.0451. The monoisotopic (exact) mass is 493 g/mol. The van der Waals surface area contributed by atoms with E-state index in [9.17, 15) is 22.4 Å². The van der Waals surface area contributed by atoms with E-state index in [2.05, 4.69) is 20.3 Å². The van der Waals surface area contributed by atoms with Crippen LogP contribution in [0.5, 0.6) is 5.75 Å². The van der Waals surface area contributed by atoms with E-state index in [4.69, 9.17) is 25.5 Å². The molecule has 1 aliphatic carbocycles. The van der Waals surface area contributed by atoms with Crippen molar-refractivity contribution in [2.24, 2.45) is 0 Å². The molecule has 1 N–H and O–H groups in total. The van der Waals surface area contributed by atoms with Crippen molar-refractivity contribution in [3.63, 3.8) is 0 Å². The van der Waals surface area contributed by atoms with Crippen molar-refractivity contribution >= 4 is 17.5 Å². The third kappa shape index (κ3) is 6.33. The smallest absolute Gasteiger partial charge is 0.484 e. The summed E-state index contributed by atoms with van der Waals surface area (Å²) >= 11 is 5.78. The molecule has 2 heterocycles. The molecule has 2 fully saturated rings. The average Bonchev–Trinajstić information content (AvgIpc) is 3.20. The number of nitrogens with zero attached hydrogens (tertiary/aromatic N) is 2. The molecule has 2 aromatic rings. The minimum atomic E-state index is -4.68. The molecule has 0 unspecified atom stereocenters. The van der Waals surface area contributed by atoms with Crippen molar-refractivity contribution in [2.45, 2.75) is 56.0 Å². The van der Waals surface area contributed by atoms with Crippen molar-refractivity contribution in [1.29, 1.82) is 0 Å². The summed E-state index contributed by atoms with van der Waals surface area (Å²) < 4.78 is 71.6. The Hall–Kier alpha value is -2.44. The van der Waals surface area contributed by atoms with E-state index in [0.29, 0.717) is 10.8 Å². The van der Waals surface area contributed by atoms with Gasteiger partial charge in [0.05, 0.1) is 18.8 Å². The first-order valence-corrected chi connectivity index (χ1v) is 10.6. The number of rotatable bonds is 7. The second kappa shape index (κ2) is 9.82. The maximum atomic E-state index is 14.6. The first-order valence-electron chi connectivity index (χ1n) is 10.2. The van der Waals surface area contributed by atoms with Gasteiger partial charge in [0, 0.05) is 17.4 Å². The summed E-state index contributed by atoms with van der Waals surface area (Å²) in [4.78, 5) is 12.1. The number of hydrogen-bond acceptors (Lipinski definition) is 7. The van der Waals surface area contributed by atoms with E-state index in [0.717, 1.165) is 0 Å². The molecule has 0 spiro atoms. The van der Waals surface area contributed by atoms with Crippen LogP contribution in [0.1, 0.15) is 43.1 Å². The maximum absolute atomic E-state index is 14.6. The molecule has 1 aromatic carbocycles. The van der Waals surface area contributed by atoms with Gasteiger partial charge in [-0.3, -0.25) is 9.53 Å². The summed E-state index contributed by atoms with van der Waals surface area (Å²) in [5.74, 6) is -0.206. The fourth-order valence-corrected chi connectivity index (χ4v) is 3.71. The zero-order valence-electron chi connectivity index (χ0n) is 17.1. The molecule has 13 heteroatoms. The molecule has 33 heavy (non-hydrogen) atoms. The van der Waals surface area contributed by atoms with Gasteiger partial charge >= 0.3 is 6.36 Å². The first kappa shape index (κ1) is 23.7. The van der Waals surface area contributed by atoms with Crippen LogP contribution in [0.25, 0.3) is 0 Å². The van der Waals surface area contributed by atoms with Crippen LogP contribution in [0.2, 0.25) is 5.02 Å². The van der Waals surface area contributed by atoms with Crippen molar-refractivity contribution in [1.82, 2.24) is 15.5 Å². The van der Waals surface area contributed by atoms with Crippen LogP contribution in [0, 0.1) is 0 Å². The lowest BCUT2D eigenvalue weighted by Crippen LogP contribution is -2.49. The Labute approximate surface area is 190 Å². The number of halogens is 5. The van der Waals surface area contributed by atoms with Crippen LogP contribution in [0.4, 0.5) is 17.6 Å². The summed E-state index contributed by atoms with van der Waals surface area (Å²) in [5.41, 5.74) is 0. The number of hydrogen-bond donors (Lipinski definition) is 1. The molecule has 0 bridgehead atoms. The fourth-order valence-electron chi connectivity index (χ4n) is 3.59. The van der Waals surface area contributed by atoms with Gasteiger partial charge in [0.15, 0.2) is 6.61 Å². The van der Waals surface area contributed by atoms with Crippen LogP contribution in [-0.4, -0.2) is 54.0 Å². The number of amides is 1. The first-order chi connectivity index (χ1) is 15.7. The predicted molar refractivity (Wildman–Crippen MR) is 104 cm³/mol. The summed E-state index contributed by atoms with van der Waals surface area (Å²) in [5, 5.41) is 10.7.